The molecule has 0 spiro atoms. The van der Waals surface area contributed by atoms with Crippen LogP contribution in [-0.4, -0.2) is 122 Å². The molecular weight excluding hydrogens is 1090 g/mol. The molecule has 0 aliphatic heterocycles. The maximum Gasteiger partial charge on any atom is 0.165 e. The third kappa shape index (κ3) is 14.4. The molecule has 88 heavy (non-hydrogen) atoms. The first-order valence-electron chi connectivity index (χ1n) is 33.2. The van der Waals surface area contributed by atoms with Crippen molar-refractivity contribution in [2.24, 2.45) is 11.8 Å². The van der Waals surface area contributed by atoms with Gasteiger partial charge in [0.1, 0.15) is 0 Å². The molecule has 2 aliphatic carbocycles. The molecule has 3 heterocycles. The van der Waals surface area contributed by atoms with Crippen molar-refractivity contribution in [3.8, 4) is 0 Å². The molecule has 0 unspecified atom stereocenters. The molecular formula is C76H94N6O6. The molecule has 0 N–H and O–H groups in total. The smallest absolute Gasteiger partial charge is 0.165 e. The van der Waals surface area contributed by atoms with Crippen LogP contribution in [0, 0.1) is 11.8 Å². The van der Waals surface area contributed by atoms with Crippen LogP contribution in [-0.2, 0) is 19.6 Å². The van der Waals surface area contributed by atoms with E-state index in [-0.39, 0.29) is 46.5 Å². The Labute approximate surface area is 521 Å². The number of aromatic nitrogens is 3. The highest BCUT2D eigenvalue weighted by atomic mass is 16.1. The molecule has 6 aromatic carbocycles. The van der Waals surface area contributed by atoms with Gasteiger partial charge in [-0.05, 0) is 187 Å². The van der Waals surface area contributed by atoms with Crippen molar-refractivity contribution < 1.29 is 28.8 Å². The zero-order valence-electron chi connectivity index (χ0n) is 54.2. The van der Waals surface area contributed by atoms with Crippen LogP contribution >= 0.6 is 0 Å². The number of nitrogens with zero attached hydrogens (tertiary/aromatic N) is 6. The molecule has 2 saturated carbocycles. The number of rotatable bonds is 29. The molecule has 464 valence electrons. The summed E-state index contributed by atoms with van der Waals surface area (Å²) >= 11 is 0. The summed E-state index contributed by atoms with van der Waals surface area (Å²) in [7, 11) is 0. The first kappa shape index (κ1) is 65.1. The maximum atomic E-state index is 12.7. The summed E-state index contributed by atoms with van der Waals surface area (Å²) in [5.41, 5.74) is 11.4. The van der Waals surface area contributed by atoms with Crippen LogP contribution in [0.5, 0.6) is 0 Å². The number of ketones is 6. The van der Waals surface area contributed by atoms with Crippen LogP contribution in [0.4, 0.5) is 0 Å². The number of Topliss-reactive ketones (excluding diaryl/α,β-unsaturated/α-hetero) is 6. The number of carbonyl (C=O) groups excluding carboxylic acids is 6. The fourth-order valence-electron chi connectivity index (χ4n) is 12.7. The second kappa shape index (κ2) is 29.7. The molecule has 2 aliphatic rings. The van der Waals surface area contributed by atoms with Crippen LogP contribution in [0.3, 0.4) is 0 Å². The minimum atomic E-state index is 0.145. The summed E-state index contributed by atoms with van der Waals surface area (Å²) in [5.74, 6) is 1.62. The molecule has 12 heteroatoms. The van der Waals surface area contributed by atoms with E-state index in [9.17, 15) is 28.8 Å². The van der Waals surface area contributed by atoms with Gasteiger partial charge in [-0.1, -0.05) is 69.2 Å². The van der Waals surface area contributed by atoms with Gasteiger partial charge in [0.15, 0.2) is 34.7 Å². The Morgan fingerprint density at radius 1 is 0.330 bits per heavy atom. The van der Waals surface area contributed by atoms with Crippen LogP contribution < -0.4 is 0 Å². The van der Waals surface area contributed by atoms with Crippen LogP contribution in [0.15, 0.2) is 109 Å². The summed E-state index contributed by atoms with van der Waals surface area (Å²) in [4.78, 5) is 82.2. The Bertz CT molecular complexity index is 3780. The quantitative estimate of drug-likeness (QED) is 0.0421. The van der Waals surface area contributed by atoms with Crippen molar-refractivity contribution in [2.45, 2.75) is 153 Å². The summed E-state index contributed by atoms with van der Waals surface area (Å²) in [5, 5.41) is 6.44. The second-order valence-electron chi connectivity index (χ2n) is 24.1. The minimum absolute atomic E-state index is 0.145. The van der Waals surface area contributed by atoms with Crippen molar-refractivity contribution in [3.63, 3.8) is 0 Å². The summed E-state index contributed by atoms with van der Waals surface area (Å²) in [6.07, 6.45) is 7.86. The van der Waals surface area contributed by atoms with Crippen molar-refractivity contribution in [1.29, 1.82) is 0 Å². The van der Waals surface area contributed by atoms with Gasteiger partial charge in [-0.2, -0.15) is 0 Å². The molecule has 0 atom stereocenters. The monoisotopic (exact) mass is 1190 g/mol. The lowest BCUT2D eigenvalue weighted by Gasteiger charge is -2.19. The first-order valence-corrected chi connectivity index (χ1v) is 33.2. The molecule has 9 aromatic rings. The van der Waals surface area contributed by atoms with E-state index in [2.05, 4.69) is 118 Å². The average molecular weight is 1190 g/mol. The zero-order chi connectivity index (χ0) is 62.8. The summed E-state index contributed by atoms with van der Waals surface area (Å²) in [6.45, 7) is 32.7. The van der Waals surface area contributed by atoms with E-state index in [1.807, 2.05) is 88.4 Å². The van der Waals surface area contributed by atoms with Gasteiger partial charge in [-0.3, -0.25) is 28.8 Å². The third-order valence-corrected chi connectivity index (χ3v) is 18.5. The van der Waals surface area contributed by atoms with Crippen LogP contribution in [0.1, 0.15) is 196 Å². The maximum absolute atomic E-state index is 12.7. The SMILES string of the molecule is CCC(=O)c1ccc2c(c1)c1cc(C(=O)CC)ccc1n2CCN(CC)CC.CCCC(=O)c1ccc2c(c1)c1cc(C(=O)CCC)ccc1n2CCN(CC)CC.CCN(CC)CCn1c2ccc(C(=O)C3CC3)cc2c2cc(C(=O)C3CC3)ccc21. The molecule has 0 bridgehead atoms. The topological polar surface area (TPSA) is 127 Å². The highest BCUT2D eigenvalue weighted by molar-refractivity contribution is 6.16. The van der Waals surface area contributed by atoms with E-state index >= 15 is 0 Å². The lowest BCUT2D eigenvalue weighted by Crippen LogP contribution is -2.26. The van der Waals surface area contributed by atoms with E-state index in [1.54, 1.807) is 0 Å². The van der Waals surface area contributed by atoms with Gasteiger partial charge in [-0.15, -0.1) is 0 Å². The third-order valence-electron chi connectivity index (χ3n) is 18.5. The number of fused-ring (bicyclic) bond motifs is 9. The molecule has 12 nitrogen and oxygen atoms in total. The second-order valence-corrected chi connectivity index (χ2v) is 24.1. The lowest BCUT2D eigenvalue weighted by atomic mass is 10.0. The largest absolute Gasteiger partial charge is 0.339 e. The summed E-state index contributed by atoms with van der Waals surface area (Å²) in [6, 6.07) is 36.4. The predicted octanol–water partition coefficient (Wildman–Crippen LogP) is 16.7. The van der Waals surface area contributed by atoms with Crippen molar-refractivity contribution in [2.75, 3.05) is 58.9 Å². The van der Waals surface area contributed by atoms with Gasteiger partial charge in [-0.25, -0.2) is 0 Å². The molecule has 2 fully saturated rings. The van der Waals surface area contributed by atoms with E-state index < -0.39 is 0 Å². The average Bonchev–Trinajstić information content (AvgIpc) is 1.72. The number of carbonyl (C=O) groups is 6. The molecule has 0 amide bonds. The van der Waals surface area contributed by atoms with Gasteiger partial charge in [0.2, 0.25) is 0 Å². The normalized spacial score (nSPS) is 13.3. The van der Waals surface area contributed by atoms with Crippen LogP contribution in [0.25, 0.3) is 65.4 Å². The molecule has 11 rings (SSSR count). The van der Waals surface area contributed by atoms with E-state index in [4.69, 9.17) is 0 Å². The van der Waals surface area contributed by atoms with Gasteiger partial charge in [0, 0.05) is 176 Å². The standard InChI is InChI=1S/C26H30N2O2.C26H34N2O2.C24H30N2O2/c1-3-27(4-2)13-14-28-23-11-9-19(25(29)17-5-6-17)15-21(23)22-16-20(10-12-24(22)28)26(30)18-7-8-18;1-5-9-25(29)19-11-13-23-21(17-19)22-18-20(26(30)10-6-2)12-14-24(22)28(23)16-15-27(7-3)8-4;1-5-23(27)17-9-11-21-19(15-17)20-16-18(24(28)6-2)10-12-22(20)26(21)14-13-25(7-3)8-4/h9-12,15-18H,3-8,13-14H2,1-2H3;11-14,17-18H,5-10,15-16H2,1-4H3;9-12,15-16H,5-8,13-14H2,1-4H3. The highest BCUT2D eigenvalue weighted by Crippen LogP contribution is 2.39. The lowest BCUT2D eigenvalue weighted by molar-refractivity contribution is 0.0960. The Kier molecular flexibility index (Phi) is 22.0. The number of likely N-dealkylation sites (N-methyl/N-ethyl adjacent to an activating group) is 3. The first-order chi connectivity index (χ1) is 42.7. The van der Waals surface area contributed by atoms with Crippen molar-refractivity contribution >= 4 is 100 Å². The van der Waals surface area contributed by atoms with E-state index in [0.717, 1.165) is 216 Å². The van der Waals surface area contributed by atoms with Gasteiger partial charge >= 0.3 is 0 Å². The Balaban J connectivity index is 0.000000157. The number of hydrogen-bond acceptors (Lipinski definition) is 9. The van der Waals surface area contributed by atoms with Gasteiger partial charge in [0.25, 0.3) is 0 Å². The van der Waals surface area contributed by atoms with E-state index in [0.29, 0.717) is 25.7 Å². The number of hydrogen-bond donors (Lipinski definition) is 0. The Morgan fingerprint density at radius 3 is 0.773 bits per heavy atom. The van der Waals surface area contributed by atoms with Crippen molar-refractivity contribution in [1.82, 2.24) is 28.4 Å². The predicted molar refractivity (Wildman–Crippen MR) is 364 cm³/mol. The minimum Gasteiger partial charge on any atom is -0.339 e. The van der Waals surface area contributed by atoms with Crippen LogP contribution in [0.2, 0.25) is 0 Å². The van der Waals surface area contributed by atoms with Crippen molar-refractivity contribution in [3.05, 3.63) is 143 Å². The Hall–Kier alpha value is -7.38. The van der Waals surface area contributed by atoms with Gasteiger partial charge in [0.05, 0.1) is 0 Å². The summed E-state index contributed by atoms with van der Waals surface area (Å²) < 4.78 is 7.02. The highest BCUT2D eigenvalue weighted by Gasteiger charge is 2.32. The van der Waals surface area contributed by atoms with Gasteiger partial charge < -0.3 is 28.4 Å². The molecule has 0 saturated heterocycles. The van der Waals surface area contributed by atoms with E-state index in [1.165, 1.54) is 0 Å². The molecule has 0 radical (unpaired) electrons. The zero-order valence-corrected chi connectivity index (χ0v) is 54.2. The fourth-order valence-corrected chi connectivity index (χ4v) is 12.7. The Morgan fingerprint density at radius 2 is 0.557 bits per heavy atom. The molecule has 3 aromatic heterocycles. The fraction of sp³-hybridized carbons (Fsp3) is 0.447. The number of benzene rings is 6.